The topological polar surface area (TPSA) is 80.4 Å². The first-order valence-electron chi connectivity index (χ1n) is 9.71. The molecule has 162 valence electrons. The highest BCUT2D eigenvalue weighted by atomic mass is 19.1. The van der Waals surface area contributed by atoms with Crippen molar-refractivity contribution in [1.82, 2.24) is 14.8 Å². The van der Waals surface area contributed by atoms with Gasteiger partial charge in [0.05, 0.1) is 6.20 Å². The second-order valence-corrected chi connectivity index (χ2v) is 6.92. The van der Waals surface area contributed by atoms with Gasteiger partial charge in [-0.3, -0.25) is 0 Å². The summed E-state index contributed by atoms with van der Waals surface area (Å²) in [5, 5.41) is 22.9. The summed E-state index contributed by atoms with van der Waals surface area (Å²) in [6, 6.07) is 14.9. The van der Waals surface area contributed by atoms with Crippen molar-refractivity contribution in [2.75, 3.05) is 0 Å². The van der Waals surface area contributed by atoms with E-state index in [1.54, 1.807) is 36.4 Å². The molecule has 0 unspecified atom stereocenters. The minimum Gasteiger partial charge on any atom is -0.473 e. The molecular formula is C24H19F2N3O3. The number of nitrogens with zero attached hydrogens (tertiary/aromatic N) is 3. The van der Waals surface area contributed by atoms with Gasteiger partial charge in [0, 0.05) is 17.8 Å². The molecule has 0 fully saturated rings. The van der Waals surface area contributed by atoms with Crippen LogP contribution in [0.1, 0.15) is 28.5 Å². The Morgan fingerprint density at radius 1 is 0.906 bits per heavy atom. The Labute approximate surface area is 182 Å². The van der Waals surface area contributed by atoms with Gasteiger partial charge in [-0.25, -0.2) is 13.8 Å². The number of aliphatic hydroxyl groups is 2. The molecule has 2 heterocycles. The minimum absolute atomic E-state index is 0.122. The number of aromatic nitrogens is 3. The van der Waals surface area contributed by atoms with E-state index < -0.39 is 6.29 Å². The fourth-order valence-electron chi connectivity index (χ4n) is 3.05. The number of aliphatic hydroxyl groups excluding tert-OH is 1. The largest absolute Gasteiger partial charge is 0.473 e. The summed E-state index contributed by atoms with van der Waals surface area (Å²) in [6.45, 7) is 0.122. The molecule has 4 rings (SSSR count). The van der Waals surface area contributed by atoms with Crippen LogP contribution in [0.3, 0.4) is 0 Å². The zero-order chi connectivity index (χ0) is 22.5. The third kappa shape index (κ3) is 5.05. The zero-order valence-electron chi connectivity index (χ0n) is 16.8. The fourth-order valence-corrected chi connectivity index (χ4v) is 3.05. The Balaban J connectivity index is 1.55. The highest BCUT2D eigenvalue weighted by molar-refractivity contribution is 5.71. The van der Waals surface area contributed by atoms with Gasteiger partial charge in [0.15, 0.2) is 12.1 Å². The molecule has 0 atom stereocenters. The van der Waals surface area contributed by atoms with E-state index in [-0.39, 0.29) is 23.8 Å². The predicted molar refractivity (Wildman–Crippen MR) is 115 cm³/mol. The van der Waals surface area contributed by atoms with Crippen molar-refractivity contribution < 1.29 is 23.7 Å². The average Bonchev–Trinajstić information content (AvgIpc) is 3.27. The molecular weight excluding hydrogens is 416 g/mol. The summed E-state index contributed by atoms with van der Waals surface area (Å²) in [5.74, 6) is 0.0132. The van der Waals surface area contributed by atoms with E-state index in [0.29, 0.717) is 17.3 Å². The summed E-state index contributed by atoms with van der Waals surface area (Å²) in [7, 11) is 0. The molecule has 0 saturated carbocycles. The number of ether oxygens (including phenoxy) is 1. The van der Waals surface area contributed by atoms with Crippen LogP contribution in [0.2, 0.25) is 0 Å². The minimum atomic E-state index is -1.63. The van der Waals surface area contributed by atoms with Crippen LogP contribution in [0, 0.1) is 11.6 Å². The van der Waals surface area contributed by atoms with Crippen molar-refractivity contribution in [3.63, 3.8) is 0 Å². The van der Waals surface area contributed by atoms with Crippen LogP contribution in [-0.2, 0) is 6.61 Å². The predicted octanol–water partition coefficient (Wildman–Crippen LogP) is 4.28. The summed E-state index contributed by atoms with van der Waals surface area (Å²) >= 11 is 0. The Hall–Kier alpha value is -3.88. The van der Waals surface area contributed by atoms with Crippen molar-refractivity contribution in [2.24, 2.45) is 0 Å². The molecule has 0 saturated heterocycles. The van der Waals surface area contributed by atoms with Crippen molar-refractivity contribution in [3.05, 3.63) is 107 Å². The maximum absolute atomic E-state index is 13.8. The molecule has 0 spiro atoms. The lowest BCUT2D eigenvalue weighted by atomic mass is 10.1. The first kappa shape index (κ1) is 21.4. The quantitative estimate of drug-likeness (QED) is 0.335. The van der Waals surface area contributed by atoms with E-state index in [1.807, 2.05) is 0 Å². The first-order chi connectivity index (χ1) is 15.5. The Morgan fingerprint density at radius 2 is 1.69 bits per heavy atom. The molecule has 8 heteroatoms. The SMILES string of the molecule is OC(O)c1ccnc(-n2nccc2OCc2ccc(F)cc2/C=C/c2ccc(F)cc2)c1. The lowest BCUT2D eigenvalue weighted by Gasteiger charge is -2.12. The van der Waals surface area contributed by atoms with Gasteiger partial charge in [0.1, 0.15) is 18.2 Å². The molecule has 0 aliphatic carbocycles. The van der Waals surface area contributed by atoms with Gasteiger partial charge >= 0.3 is 0 Å². The Kier molecular flexibility index (Phi) is 6.34. The second-order valence-electron chi connectivity index (χ2n) is 6.92. The van der Waals surface area contributed by atoms with E-state index in [1.165, 1.54) is 53.5 Å². The smallest absolute Gasteiger partial charge is 0.218 e. The van der Waals surface area contributed by atoms with Crippen LogP contribution in [0.25, 0.3) is 18.0 Å². The van der Waals surface area contributed by atoms with Gasteiger partial charge in [-0.1, -0.05) is 30.4 Å². The Bertz CT molecular complexity index is 1240. The Morgan fingerprint density at radius 3 is 2.47 bits per heavy atom. The summed E-state index contributed by atoms with van der Waals surface area (Å²) in [4.78, 5) is 4.19. The number of hydrogen-bond acceptors (Lipinski definition) is 5. The van der Waals surface area contributed by atoms with Crippen LogP contribution >= 0.6 is 0 Å². The molecule has 2 N–H and O–H groups in total. The first-order valence-corrected chi connectivity index (χ1v) is 9.71. The van der Waals surface area contributed by atoms with Gasteiger partial charge in [-0.2, -0.15) is 9.78 Å². The van der Waals surface area contributed by atoms with Crippen LogP contribution in [-0.4, -0.2) is 25.0 Å². The highest BCUT2D eigenvalue weighted by Crippen LogP contribution is 2.21. The van der Waals surface area contributed by atoms with E-state index in [4.69, 9.17) is 4.74 Å². The van der Waals surface area contributed by atoms with Gasteiger partial charge in [-0.05, 0) is 53.1 Å². The number of halogens is 2. The fraction of sp³-hybridized carbons (Fsp3) is 0.0833. The number of rotatable bonds is 7. The molecule has 0 aliphatic heterocycles. The van der Waals surface area contributed by atoms with Crippen molar-refractivity contribution in [1.29, 1.82) is 0 Å². The van der Waals surface area contributed by atoms with Gasteiger partial charge < -0.3 is 14.9 Å². The number of benzene rings is 2. The molecule has 0 amide bonds. The monoisotopic (exact) mass is 435 g/mol. The maximum Gasteiger partial charge on any atom is 0.218 e. The lowest BCUT2D eigenvalue weighted by molar-refractivity contribution is -0.0425. The molecule has 4 aromatic rings. The van der Waals surface area contributed by atoms with Crippen LogP contribution < -0.4 is 4.74 Å². The van der Waals surface area contributed by atoms with Crippen LogP contribution in [0.4, 0.5) is 8.78 Å². The second kappa shape index (κ2) is 9.51. The number of pyridine rings is 1. The molecule has 2 aromatic carbocycles. The standard InChI is InChI=1S/C24H19F2N3O3/c25-20-6-2-16(3-7-20)1-4-17-13-21(26)8-5-19(17)15-32-23-10-12-28-29(23)22-14-18(24(30)31)9-11-27-22/h1-14,24,30-31H,15H2/b4-1+. The van der Waals surface area contributed by atoms with Gasteiger partial charge in [0.2, 0.25) is 5.88 Å². The van der Waals surface area contributed by atoms with Gasteiger partial charge in [-0.15, -0.1) is 0 Å². The lowest BCUT2D eigenvalue weighted by Crippen LogP contribution is -2.07. The molecule has 0 bridgehead atoms. The molecule has 0 radical (unpaired) electrons. The summed E-state index contributed by atoms with van der Waals surface area (Å²) in [6.07, 6.45) is 4.83. The molecule has 6 nitrogen and oxygen atoms in total. The molecule has 32 heavy (non-hydrogen) atoms. The molecule has 0 aliphatic rings. The van der Waals surface area contributed by atoms with Crippen molar-refractivity contribution in [3.8, 4) is 11.7 Å². The van der Waals surface area contributed by atoms with Gasteiger partial charge in [0.25, 0.3) is 0 Å². The van der Waals surface area contributed by atoms with Crippen molar-refractivity contribution in [2.45, 2.75) is 12.9 Å². The summed E-state index contributed by atoms with van der Waals surface area (Å²) < 4.78 is 34.2. The third-order valence-electron chi connectivity index (χ3n) is 4.70. The highest BCUT2D eigenvalue weighted by Gasteiger charge is 2.11. The molecule has 2 aromatic heterocycles. The maximum atomic E-state index is 13.8. The normalized spacial score (nSPS) is 11.4. The zero-order valence-corrected chi connectivity index (χ0v) is 16.8. The van der Waals surface area contributed by atoms with E-state index >= 15 is 0 Å². The third-order valence-corrected chi connectivity index (χ3v) is 4.70. The van der Waals surface area contributed by atoms with E-state index in [2.05, 4.69) is 10.1 Å². The summed E-state index contributed by atoms with van der Waals surface area (Å²) in [5.41, 5.74) is 2.38. The van der Waals surface area contributed by atoms with Crippen LogP contribution in [0.15, 0.2) is 73.1 Å². The van der Waals surface area contributed by atoms with E-state index in [9.17, 15) is 19.0 Å². The van der Waals surface area contributed by atoms with Crippen LogP contribution in [0.5, 0.6) is 5.88 Å². The van der Waals surface area contributed by atoms with E-state index in [0.717, 1.165) is 11.1 Å². The van der Waals surface area contributed by atoms with Crippen molar-refractivity contribution >= 4 is 12.2 Å². The number of hydrogen-bond donors (Lipinski definition) is 2. The average molecular weight is 435 g/mol.